The van der Waals surface area contributed by atoms with Crippen molar-refractivity contribution >= 4 is 101 Å². The minimum absolute atomic E-state index is 0.0164. The van der Waals surface area contributed by atoms with Gasteiger partial charge in [-0.3, -0.25) is 72.1 Å². The highest BCUT2D eigenvalue weighted by atomic mass is 32.2. The molecule has 4 amide bonds. The predicted molar refractivity (Wildman–Crippen MR) is 432 cm³/mol. The number of likely N-dealkylation sites (N-methyl/N-ethyl adjacent to an activating group) is 2. The van der Waals surface area contributed by atoms with Gasteiger partial charge in [0.1, 0.15) is 20.5 Å². The number of ether oxygens (including phenoxy) is 1. The molecule has 8 aromatic rings. The third kappa shape index (κ3) is 16.3. The molecule has 8 aromatic heterocycles. The van der Waals surface area contributed by atoms with Crippen LogP contribution in [-0.2, 0) is 92.1 Å². The number of aromatic nitrogens is 8. The van der Waals surface area contributed by atoms with Crippen LogP contribution < -0.4 is 37.4 Å². The minimum Gasteiger partial charge on any atom is -0.452 e. The third-order valence-electron chi connectivity index (χ3n) is 20.5. The Balaban J connectivity index is 0.000000144. The van der Waals surface area contributed by atoms with E-state index >= 15 is 0 Å². The number of sulfonamides is 2. The highest BCUT2D eigenvalue weighted by molar-refractivity contribution is 7.94. The lowest BCUT2D eigenvalue weighted by molar-refractivity contribution is -0.122. The first kappa shape index (κ1) is 83.2. The maximum Gasteiger partial charge on any atom is 0.414 e. The molecule has 109 heavy (non-hydrogen) atoms. The summed E-state index contributed by atoms with van der Waals surface area (Å²) in [6.07, 6.45) is 15.8. The third-order valence-corrected chi connectivity index (χ3v) is 25.8. The molecule has 16 heterocycles. The largest absolute Gasteiger partial charge is 0.452 e. The number of fused-ring (bicyclic) bond motifs is 8. The van der Waals surface area contributed by atoms with E-state index in [9.17, 15) is 40.2 Å². The summed E-state index contributed by atoms with van der Waals surface area (Å²) in [5, 5.41) is 0. The van der Waals surface area contributed by atoms with Crippen molar-refractivity contribution in [3.8, 4) is 0 Å². The van der Waals surface area contributed by atoms with Gasteiger partial charge in [0.15, 0.2) is 0 Å². The number of nitrogens with zero attached hydrogens (tertiary/aromatic N) is 16. The highest BCUT2D eigenvalue weighted by Gasteiger charge is 2.50. The van der Waals surface area contributed by atoms with Crippen molar-refractivity contribution in [3.05, 3.63) is 192 Å². The van der Waals surface area contributed by atoms with Gasteiger partial charge in [0.25, 0.3) is 0 Å². The molecule has 0 N–H and O–H groups in total. The summed E-state index contributed by atoms with van der Waals surface area (Å²) < 4.78 is 66.9. The molecular weight excluding hydrogens is 1440 g/mol. The van der Waals surface area contributed by atoms with Crippen molar-refractivity contribution < 1.29 is 45.0 Å². The van der Waals surface area contributed by atoms with Crippen LogP contribution in [0.2, 0.25) is 0 Å². The number of rotatable bonds is 2. The van der Waals surface area contributed by atoms with E-state index in [1.807, 2.05) is 122 Å². The summed E-state index contributed by atoms with van der Waals surface area (Å²) in [6, 6.07) is 30.2. The molecule has 16 rings (SSSR count). The summed E-state index contributed by atoms with van der Waals surface area (Å²) in [5.41, 5.74) is 14.2. The van der Waals surface area contributed by atoms with Gasteiger partial charge in [0.2, 0.25) is 38.3 Å². The van der Waals surface area contributed by atoms with Gasteiger partial charge in [-0.05, 0) is 139 Å². The first-order chi connectivity index (χ1) is 50.6. The smallest absolute Gasteiger partial charge is 0.414 e. The molecule has 0 saturated heterocycles. The fraction of sp³-hybridized carbons (Fsp3) is 0.450. The van der Waals surface area contributed by atoms with Crippen LogP contribution in [0, 0.1) is 0 Å². The maximum absolute atomic E-state index is 12.0. The molecule has 0 radical (unpaired) electrons. The van der Waals surface area contributed by atoms with E-state index in [0.29, 0.717) is 30.2 Å². The zero-order valence-electron chi connectivity index (χ0n) is 66.9. The first-order valence-electron chi connectivity index (χ1n) is 35.8. The van der Waals surface area contributed by atoms with Crippen molar-refractivity contribution in [2.45, 2.75) is 160 Å². The van der Waals surface area contributed by atoms with Crippen LogP contribution in [0.25, 0.3) is 0 Å². The Kier molecular flexibility index (Phi) is 23.6. The summed E-state index contributed by atoms with van der Waals surface area (Å²) >= 11 is 0. The van der Waals surface area contributed by atoms with Crippen molar-refractivity contribution in [2.24, 2.45) is 0 Å². The maximum atomic E-state index is 12.0. The number of pyridine rings is 8. The van der Waals surface area contributed by atoms with Gasteiger partial charge in [0, 0.05) is 144 Å². The van der Waals surface area contributed by atoms with Gasteiger partial charge in [-0.1, -0.05) is 69.2 Å². The Morgan fingerprint density at radius 3 is 1.27 bits per heavy atom. The molecule has 8 aliphatic rings. The number of amides is 4. The zero-order chi connectivity index (χ0) is 80.7. The molecule has 0 saturated carbocycles. The van der Waals surface area contributed by atoms with Gasteiger partial charge in [-0.15, -0.1) is 0 Å². The molecule has 8 aliphatic heterocycles. The van der Waals surface area contributed by atoms with Crippen LogP contribution in [0.15, 0.2) is 147 Å². The number of hydrogen-bond acceptors (Lipinski definition) is 19. The van der Waals surface area contributed by atoms with E-state index in [0.717, 1.165) is 88.6 Å². The van der Waals surface area contributed by atoms with Gasteiger partial charge in [-0.25, -0.2) is 25.8 Å². The van der Waals surface area contributed by atoms with Crippen molar-refractivity contribution in [3.63, 3.8) is 0 Å². The van der Waals surface area contributed by atoms with E-state index in [1.54, 1.807) is 126 Å². The normalized spacial score (nSPS) is 19.7. The molecule has 1 atom stereocenters. The molecule has 0 spiro atoms. The van der Waals surface area contributed by atoms with Crippen molar-refractivity contribution in [1.29, 1.82) is 0 Å². The van der Waals surface area contributed by atoms with E-state index in [4.69, 9.17) is 4.74 Å². The molecule has 582 valence electrons. The molecule has 0 fully saturated rings. The Morgan fingerprint density at radius 2 is 0.826 bits per heavy atom. The summed E-state index contributed by atoms with van der Waals surface area (Å²) in [6.45, 7) is 37.3. The summed E-state index contributed by atoms with van der Waals surface area (Å²) in [4.78, 5) is 88.9. The molecular formula is C80H104N16O10S3. The quantitative estimate of drug-likeness (QED) is 0.145. The van der Waals surface area contributed by atoms with E-state index in [2.05, 4.69) is 113 Å². The number of anilines is 8. The summed E-state index contributed by atoms with van der Waals surface area (Å²) in [7, 11) is 1.21. The fourth-order valence-corrected chi connectivity index (χ4v) is 18.7. The molecule has 29 heteroatoms. The lowest BCUT2D eigenvalue weighted by Gasteiger charge is -2.19. The minimum atomic E-state index is -3.29. The Morgan fingerprint density at radius 1 is 0.468 bits per heavy atom. The summed E-state index contributed by atoms with van der Waals surface area (Å²) in [5.74, 6) is 0.200. The molecule has 0 aromatic carbocycles. The first-order valence-corrected chi connectivity index (χ1v) is 40.2. The second-order valence-electron chi connectivity index (χ2n) is 32.6. The van der Waals surface area contributed by atoms with E-state index in [-0.39, 0.29) is 49.7 Å². The lowest BCUT2D eigenvalue weighted by Crippen LogP contribution is -2.33. The average Bonchev–Trinajstić information content (AvgIpc) is 1.57. The van der Waals surface area contributed by atoms with Gasteiger partial charge < -0.3 is 24.3 Å². The number of carbonyl (C=O) groups is 4. The van der Waals surface area contributed by atoms with Crippen molar-refractivity contribution in [2.75, 3.05) is 112 Å². The van der Waals surface area contributed by atoms with Gasteiger partial charge >= 0.3 is 6.09 Å². The average molecular weight is 1550 g/mol. The zero-order valence-corrected chi connectivity index (χ0v) is 69.4. The van der Waals surface area contributed by atoms with Crippen LogP contribution in [0.3, 0.4) is 0 Å². The predicted octanol–water partition coefficient (Wildman–Crippen LogP) is 11.8. The Hall–Kier alpha value is -9.87. The Labute approximate surface area is 645 Å². The monoisotopic (exact) mass is 1540 g/mol. The molecule has 1 unspecified atom stereocenters. The topological polar surface area (TPSA) is 292 Å². The highest BCUT2D eigenvalue weighted by Crippen LogP contribution is 2.47. The van der Waals surface area contributed by atoms with Gasteiger partial charge in [-0.2, -0.15) is 0 Å². The van der Waals surface area contributed by atoms with E-state index < -0.39 is 41.2 Å². The lowest BCUT2D eigenvalue weighted by atomic mass is 9.90. The van der Waals surface area contributed by atoms with Crippen LogP contribution in [-0.4, -0.2) is 160 Å². The Bertz CT molecular complexity index is 4920. The van der Waals surface area contributed by atoms with Crippen LogP contribution >= 0.6 is 0 Å². The van der Waals surface area contributed by atoms with E-state index in [1.165, 1.54) is 33.4 Å². The van der Waals surface area contributed by atoms with Crippen LogP contribution in [0.5, 0.6) is 0 Å². The second-order valence-corrected chi connectivity index (χ2v) is 39.1. The number of hydrogen-bond donors (Lipinski definition) is 0. The van der Waals surface area contributed by atoms with Crippen molar-refractivity contribution in [1.82, 2.24) is 39.9 Å². The second kappa shape index (κ2) is 30.9. The fourth-order valence-electron chi connectivity index (χ4n) is 14.8. The van der Waals surface area contributed by atoms with Crippen LogP contribution in [0.4, 0.5) is 50.3 Å². The standard InChI is InChI=1S/C11H14N2O2.C11H14N2O.C10H14N2O2S.2C10H12N2O.C10H14N2.C9H12N2O2S.C9H12N2OS/c1-11(2)7-13(10(14)15-3)8-5-4-6-12-9(8)11;1-8(14)13-7-11(2,3)10-9(13)5-4-6-12-10;1-10(2)7-12(15(3,13)14)8-5-4-6-11-9(8)10;1-10(2)8-7(5-4-6-11-8)12(3)9(10)13;1-10(2)6-12(7-13)8-4-3-5-11-9(8)10;1-10(2)7-12(3)8-5-4-6-11-9(8)10;1-9(2)8-7(5-4-6-10-8)11(3)14(9,12)13;1-9(2)8-7(5-4-6-10-8)11(3)13(9)12/h4-6H,7H2,1-3H3;4-6H,7H2,1-3H3;4-6H,7H2,1-3H3;4-6H,1-3H3;3-5,7H,6H2,1-2H3;4-6H,7H2,1-3H3;4-6H,1-3H3;4-6H,1-3H3. The number of carbonyl (C=O) groups excluding carboxylic acids is 4. The molecule has 0 bridgehead atoms. The van der Waals surface area contributed by atoms with Gasteiger partial charge in [0.05, 0.1) is 110 Å². The SMILES string of the molecule is CC(=O)N1CC(C)(C)c2ncccc21.CC1(C)CN(C=O)c2cccnc21.CC1(C)CN(S(C)(=O)=O)c2cccnc21.CN1C(=O)C(C)(C)c2ncccc21.CN1CC(C)(C)c2ncccc21.CN1c2cccnc2C(C)(C)S1(=O)=O.CN1c2cccnc2C(C)(C)S1=O.COC(=O)N1CC(C)(C)c2ncccc21. The van der Waals surface area contributed by atoms with Crippen LogP contribution in [0.1, 0.15) is 163 Å². The number of methoxy groups -OCH3 is 1. The molecule has 26 nitrogen and oxygen atoms in total. The molecule has 0 aliphatic carbocycles.